The highest BCUT2D eigenvalue weighted by molar-refractivity contribution is 9.10. The maximum Gasteiger partial charge on any atom is 0.354 e. The Hall–Kier alpha value is -2.16. The van der Waals surface area contributed by atoms with Crippen molar-refractivity contribution >= 4 is 27.8 Å². The molecule has 0 aliphatic carbocycles. The van der Waals surface area contributed by atoms with Crippen LogP contribution in [0.15, 0.2) is 34.8 Å². The zero-order valence-corrected chi connectivity index (χ0v) is 18.4. The molecule has 1 fully saturated rings. The van der Waals surface area contributed by atoms with Crippen molar-refractivity contribution in [3.63, 3.8) is 0 Å². The molecule has 0 radical (unpaired) electrons. The molecule has 29 heavy (non-hydrogen) atoms. The number of carbonyl (C=O) groups is 2. The Bertz CT molecular complexity index is 948. The normalized spacial score (nSPS) is 17.5. The van der Waals surface area contributed by atoms with Crippen molar-refractivity contribution < 1.29 is 19.1 Å². The van der Waals surface area contributed by atoms with E-state index in [4.69, 9.17) is 9.47 Å². The van der Waals surface area contributed by atoms with E-state index in [-0.39, 0.29) is 17.4 Å². The summed E-state index contributed by atoms with van der Waals surface area (Å²) in [4.78, 5) is 28.3. The van der Waals surface area contributed by atoms with Crippen molar-refractivity contribution in [1.29, 1.82) is 0 Å². The first-order chi connectivity index (χ1) is 13.9. The van der Waals surface area contributed by atoms with E-state index in [9.17, 15) is 9.59 Å². The summed E-state index contributed by atoms with van der Waals surface area (Å²) in [7, 11) is 4.90. The lowest BCUT2D eigenvalue weighted by Gasteiger charge is -2.53. The third kappa shape index (κ3) is 3.29. The van der Waals surface area contributed by atoms with Gasteiger partial charge in [-0.3, -0.25) is 9.69 Å². The van der Waals surface area contributed by atoms with Gasteiger partial charge in [-0.15, -0.1) is 0 Å². The lowest BCUT2D eigenvalue weighted by molar-refractivity contribution is -0.163. The van der Waals surface area contributed by atoms with Gasteiger partial charge in [0, 0.05) is 43.8 Å². The first-order valence-corrected chi connectivity index (χ1v) is 10.3. The number of hydrogen-bond acceptors (Lipinski definition) is 5. The highest BCUT2D eigenvalue weighted by Crippen LogP contribution is 2.44. The van der Waals surface area contributed by atoms with Crippen LogP contribution in [-0.4, -0.2) is 67.2 Å². The van der Waals surface area contributed by atoms with Gasteiger partial charge in [-0.1, -0.05) is 12.1 Å². The Morgan fingerprint density at radius 3 is 2.45 bits per heavy atom. The summed E-state index contributed by atoms with van der Waals surface area (Å²) in [5, 5.41) is 0. The van der Waals surface area contributed by atoms with Gasteiger partial charge in [-0.2, -0.15) is 0 Å². The molecule has 1 aromatic carbocycles. The lowest BCUT2D eigenvalue weighted by Crippen LogP contribution is -2.63. The zero-order valence-electron chi connectivity index (χ0n) is 16.8. The number of esters is 1. The number of hydrogen-bond donors (Lipinski definition) is 0. The Morgan fingerprint density at radius 2 is 1.90 bits per heavy atom. The molecule has 7 nitrogen and oxygen atoms in total. The summed E-state index contributed by atoms with van der Waals surface area (Å²) in [6, 6.07) is 9.60. The van der Waals surface area contributed by atoms with Crippen molar-refractivity contribution in [2.75, 3.05) is 41.0 Å². The lowest BCUT2D eigenvalue weighted by atomic mass is 9.88. The van der Waals surface area contributed by atoms with Gasteiger partial charge < -0.3 is 18.9 Å². The van der Waals surface area contributed by atoms with E-state index in [0.29, 0.717) is 31.0 Å². The fourth-order valence-electron chi connectivity index (χ4n) is 4.16. The summed E-state index contributed by atoms with van der Waals surface area (Å²) in [6.07, 6.45) is 0. The Morgan fingerprint density at radius 1 is 1.21 bits per heavy atom. The Labute approximate surface area is 178 Å². The largest absolute Gasteiger partial charge is 0.464 e. The van der Waals surface area contributed by atoms with Crippen LogP contribution < -0.4 is 0 Å². The molecule has 1 saturated heterocycles. The molecule has 0 bridgehead atoms. The summed E-state index contributed by atoms with van der Waals surface area (Å²) >= 11 is 3.65. The Kier molecular flexibility index (Phi) is 5.27. The standard InChI is InChI=1S/C21H24BrN3O4/c1-23(2)19(26)15-6-4-14(5-7-15)11-24-8-9-25-17(20(27)28-3)10-16(22)18(25)21(24)12-29-13-21/h4-7,10H,8-9,11-13H2,1-3H3. The van der Waals surface area contributed by atoms with Gasteiger partial charge in [0.05, 0.1) is 26.0 Å². The average Bonchev–Trinajstić information content (AvgIpc) is 3.03. The second-order valence-corrected chi connectivity index (χ2v) is 8.57. The number of ether oxygens (including phenoxy) is 2. The second kappa shape index (κ2) is 7.59. The van der Waals surface area contributed by atoms with Crippen LogP contribution in [0.25, 0.3) is 0 Å². The average molecular weight is 462 g/mol. The van der Waals surface area contributed by atoms with Crippen molar-refractivity contribution in [2.24, 2.45) is 0 Å². The van der Waals surface area contributed by atoms with Crippen molar-refractivity contribution in [1.82, 2.24) is 14.4 Å². The molecule has 0 atom stereocenters. The van der Waals surface area contributed by atoms with Gasteiger partial charge in [0.2, 0.25) is 0 Å². The second-order valence-electron chi connectivity index (χ2n) is 7.71. The highest BCUT2D eigenvalue weighted by Gasteiger charge is 2.51. The molecule has 154 valence electrons. The number of carbonyl (C=O) groups excluding carboxylic acids is 2. The van der Waals surface area contributed by atoms with E-state index < -0.39 is 0 Å². The first-order valence-electron chi connectivity index (χ1n) is 9.48. The number of halogens is 1. The van der Waals surface area contributed by atoms with Crippen LogP contribution in [0.5, 0.6) is 0 Å². The number of nitrogens with zero attached hydrogens (tertiary/aromatic N) is 3. The van der Waals surface area contributed by atoms with Crippen LogP contribution in [0.4, 0.5) is 0 Å². The summed E-state index contributed by atoms with van der Waals surface area (Å²) in [5.41, 5.74) is 3.16. The molecule has 1 spiro atoms. The monoisotopic (exact) mass is 461 g/mol. The molecule has 2 aliphatic rings. The van der Waals surface area contributed by atoms with Gasteiger partial charge in [-0.05, 0) is 39.7 Å². The summed E-state index contributed by atoms with van der Waals surface area (Å²) < 4.78 is 13.5. The maximum atomic E-state index is 12.2. The van der Waals surface area contributed by atoms with Crippen LogP contribution in [0.1, 0.15) is 32.1 Å². The minimum atomic E-state index is -0.332. The fourth-order valence-corrected chi connectivity index (χ4v) is 4.96. The van der Waals surface area contributed by atoms with Gasteiger partial charge in [0.25, 0.3) is 5.91 Å². The smallest absolute Gasteiger partial charge is 0.354 e. The molecule has 0 saturated carbocycles. The van der Waals surface area contributed by atoms with Gasteiger partial charge in [0.1, 0.15) is 11.2 Å². The van der Waals surface area contributed by atoms with Gasteiger partial charge >= 0.3 is 5.97 Å². The molecule has 3 heterocycles. The quantitative estimate of drug-likeness (QED) is 0.654. The number of amides is 1. The van der Waals surface area contributed by atoms with Crippen LogP contribution in [0, 0.1) is 0 Å². The third-order valence-electron chi connectivity index (χ3n) is 5.75. The van der Waals surface area contributed by atoms with Crippen LogP contribution in [-0.2, 0) is 28.1 Å². The number of rotatable bonds is 4. The van der Waals surface area contributed by atoms with E-state index in [0.717, 1.165) is 28.8 Å². The summed E-state index contributed by atoms with van der Waals surface area (Å²) in [6.45, 7) is 3.38. The van der Waals surface area contributed by atoms with Crippen molar-refractivity contribution in [3.8, 4) is 0 Å². The van der Waals surface area contributed by atoms with Crippen molar-refractivity contribution in [3.05, 3.63) is 57.3 Å². The predicted molar refractivity (Wildman–Crippen MR) is 111 cm³/mol. The molecule has 2 aromatic rings. The molecule has 8 heteroatoms. The molecule has 0 N–H and O–H groups in total. The number of fused-ring (bicyclic) bond motifs is 2. The van der Waals surface area contributed by atoms with Crippen LogP contribution in [0.2, 0.25) is 0 Å². The number of aromatic nitrogens is 1. The molecule has 2 aliphatic heterocycles. The number of methoxy groups -OCH3 is 1. The maximum absolute atomic E-state index is 12.2. The van der Waals surface area contributed by atoms with E-state index in [2.05, 4.69) is 20.8 Å². The molecular weight excluding hydrogens is 438 g/mol. The molecule has 1 amide bonds. The predicted octanol–water partition coefficient (Wildman–Crippen LogP) is 2.48. The van der Waals surface area contributed by atoms with Crippen molar-refractivity contribution in [2.45, 2.75) is 18.6 Å². The van der Waals surface area contributed by atoms with E-state index in [1.807, 2.05) is 34.9 Å². The molecular formula is C21H24BrN3O4. The minimum absolute atomic E-state index is 0.00418. The highest BCUT2D eigenvalue weighted by atomic mass is 79.9. The number of benzene rings is 1. The topological polar surface area (TPSA) is 64.0 Å². The molecule has 4 rings (SSSR count). The fraction of sp³-hybridized carbons (Fsp3) is 0.429. The Balaban J connectivity index is 1.61. The molecule has 1 aromatic heterocycles. The zero-order chi connectivity index (χ0) is 20.8. The minimum Gasteiger partial charge on any atom is -0.464 e. The molecule has 0 unspecified atom stereocenters. The van der Waals surface area contributed by atoms with E-state index in [1.165, 1.54) is 7.11 Å². The summed E-state index contributed by atoms with van der Waals surface area (Å²) in [5.74, 6) is -0.336. The van der Waals surface area contributed by atoms with Crippen LogP contribution in [0.3, 0.4) is 0 Å². The third-order valence-corrected chi connectivity index (χ3v) is 6.35. The first kappa shape index (κ1) is 20.1. The van der Waals surface area contributed by atoms with E-state index >= 15 is 0 Å². The van der Waals surface area contributed by atoms with Gasteiger partial charge in [-0.25, -0.2) is 4.79 Å². The van der Waals surface area contributed by atoms with Gasteiger partial charge in [0.15, 0.2) is 0 Å². The SMILES string of the molecule is COC(=O)c1cc(Br)c2n1CCN(Cc1ccc(C(=O)N(C)C)cc1)C21COC1. The van der Waals surface area contributed by atoms with Crippen LogP contribution >= 0.6 is 15.9 Å². The van der Waals surface area contributed by atoms with E-state index in [1.54, 1.807) is 19.0 Å².